The molecule has 1 aromatic heterocycles. The van der Waals surface area contributed by atoms with E-state index < -0.39 is 0 Å². The molecule has 0 radical (unpaired) electrons. The zero-order valence-corrected chi connectivity index (χ0v) is 15.9. The Kier molecular flexibility index (Phi) is 4.92. The summed E-state index contributed by atoms with van der Waals surface area (Å²) in [5, 5.41) is 4.12. The van der Waals surface area contributed by atoms with Gasteiger partial charge in [0.1, 0.15) is 30.9 Å². The molecule has 28 heavy (non-hydrogen) atoms. The summed E-state index contributed by atoms with van der Waals surface area (Å²) < 4.78 is 27.6. The summed E-state index contributed by atoms with van der Waals surface area (Å²) in [6, 6.07) is 7.71. The minimum Gasteiger partial charge on any atom is -0.493 e. The van der Waals surface area contributed by atoms with Gasteiger partial charge >= 0.3 is 0 Å². The number of hydrogen-bond donors (Lipinski definition) is 1. The maximum Gasteiger partial charge on any atom is 0.205 e. The van der Waals surface area contributed by atoms with Crippen LogP contribution in [0.15, 0.2) is 30.6 Å². The lowest BCUT2D eigenvalue weighted by Crippen LogP contribution is -2.15. The molecule has 3 aromatic rings. The number of methoxy groups -OCH3 is 3. The first kappa shape index (κ1) is 18.0. The average Bonchev–Trinajstić information content (AvgIpc) is 2.75. The second-order valence-corrected chi connectivity index (χ2v) is 6.10. The molecule has 4 rings (SSSR count). The van der Waals surface area contributed by atoms with Crippen molar-refractivity contribution >= 4 is 16.7 Å². The maximum atomic E-state index is 5.65. The Morgan fingerprint density at radius 3 is 2.46 bits per heavy atom. The van der Waals surface area contributed by atoms with Crippen molar-refractivity contribution in [2.75, 3.05) is 39.9 Å². The smallest absolute Gasteiger partial charge is 0.205 e. The SMILES string of the molecule is COc1cc2c(NCc3ccc4c(c3)OCCO4)ncnc2c(OC)c1OC. The highest BCUT2D eigenvalue weighted by atomic mass is 16.6. The fourth-order valence-electron chi connectivity index (χ4n) is 3.19. The molecule has 8 nitrogen and oxygen atoms in total. The molecule has 1 N–H and O–H groups in total. The third-order valence-electron chi connectivity index (χ3n) is 4.50. The van der Waals surface area contributed by atoms with Crippen molar-refractivity contribution < 1.29 is 23.7 Å². The van der Waals surface area contributed by atoms with Gasteiger partial charge in [-0.25, -0.2) is 9.97 Å². The van der Waals surface area contributed by atoms with Crippen LogP contribution in [0.25, 0.3) is 10.9 Å². The first-order valence-corrected chi connectivity index (χ1v) is 8.81. The molecule has 0 amide bonds. The maximum absolute atomic E-state index is 5.65. The van der Waals surface area contributed by atoms with Gasteiger partial charge < -0.3 is 29.0 Å². The minimum absolute atomic E-state index is 0.494. The van der Waals surface area contributed by atoms with E-state index in [1.165, 1.54) is 6.33 Å². The summed E-state index contributed by atoms with van der Waals surface area (Å²) in [6.07, 6.45) is 1.49. The lowest BCUT2D eigenvalue weighted by Gasteiger charge is -2.19. The van der Waals surface area contributed by atoms with Gasteiger partial charge in [-0.15, -0.1) is 0 Å². The number of aromatic nitrogens is 2. The van der Waals surface area contributed by atoms with Gasteiger partial charge in [0, 0.05) is 6.54 Å². The molecule has 1 aliphatic heterocycles. The van der Waals surface area contributed by atoms with Crippen LogP contribution in [0.3, 0.4) is 0 Å². The Morgan fingerprint density at radius 1 is 0.929 bits per heavy atom. The number of ether oxygens (including phenoxy) is 5. The summed E-state index contributed by atoms with van der Waals surface area (Å²) in [5.74, 6) is 3.73. The molecule has 2 heterocycles. The van der Waals surface area contributed by atoms with Crippen molar-refractivity contribution in [1.82, 2.24) is 9.97 Å². The number of hydrogen-bond acceptors (Lipinski definition) is 8. The van der Waals surface area contributed by atoms with Gasteiger partial charge in [0.05, 0.1) is 26.7 Å². The number of benzene rings is 2. The standard InChI is InChI=1S/C20H21N3O5/c1-24-16-9-13-17(19(26-3)18(16)25-2)22-11-23-20(13)21-10-12-4-5-14-15(8-12)28-7-6-27-14/h4-5,8-9,11H,6-7,10H2,1-3H3,(H,21,22,23). The molecule has 8 heteroatoms. The van der Waals surface area contributed by atoms with Crippen molar-refractivity contribution in [3.05, 3.63) is 36.2 Å². The number of fused-ring (bicyclic) bond motifs is 2. The first-order chi connectivity index (χ1) is 13.7. The van der Waals surface area contributed by atoms with E-state index >= 15 is 0 Å². The largest absolute Gasteiger partial charge is 0.493 e. The lowest BCUT2D eigenvalue weighted by atomic mass is 10.1. The van der Waals surface area contributed by atoms with E-state index in [1.54, 1.807) is 21.3 Å². The highest BCUT2D eigenvalue weighted by Crippen LogP contribution is 2.43. The summed E-state index contributed by atoms with van der Waals surface area (Å²) in [6.45, 7) is 1.69. The van der Waals surface area contributed by atoms with Gasteiger partial charge in [-0.3, -0.25) is 0 Å². The van der Waals surface area contributed by atoms with Crippen molar-refractivity contribution in [1.29, 1.82) is 0 Å². The summed E-state index contributed by atoms with van der Waals surface area (Å²) in [4.78, 5) is 8.75. The van der Waals surface area contributed by atoms with Crippen LogP contribution < -0.4 is 29.0 Å². The number of rotatable bonds is 6. The molecule has 0 saturated heterocycles. The molecule has 0 aliphatic carbocycles. The third kappa shape index (κ3) is 3.17. The van der Waals surface area contributed by atoms with Crippen molar-refractivity contribution in [2.45, 2.75) is 6.54 Å². The topological polar surface area (TPSA) is 84.0 Å². The third-order valence-corrected chi connectivity index (χ3v) is 4.50. The number of anilines is 1. The summed E-state index contributed by atoms with van der Waals surface area (Å²) >= 11 is 0. The van der Waals surface area contributed by atoms with Crippen molar-refractivity contribution in [2.24, 2.45) is 0 Å². The van der Waals surface area contributed by atoms with Crippen LogP contribution in [0.5, 0.6) is 28.7 Å². The molecule has 0 spiro atoms. The van der Waals surface area contributed by atoms with E-state index in [0.717, 1.165) is 22.4 Å². The van der Waals surface area contributed by atoms with Gasteiger partial charge in [0.25, 0.3) is 0 Å². The predicted octanol–water partition coefficient (Wildman–Crippen LogP) is 3.04. The molecule has 0 atom stereocenters. The van der Waals surface area contributed by atoms with E-state index in [1.807, 2.05) is 24.3 Å². The van der Waals surface area contributed by atoms with Gasteiger partial charge in [-0.05, 0) is 23.8 Å². The van der Waals surface area contributed by atoms with Crippen LogP contribution in [0.2, 0.25) is 0 Å². The summed E-state index contributed by atoms with van der Waals surface area (Å²) in [5.41, 5.74) is 1.68. The lowest BCUT2D eigenvalue weighted by molar-refractivity contribution is 0.171. The highest BCUT2D eigenvalue weighted by Gasteiger charge is 2.19. The molecule has 2 aromatic carbocycles. The van der Waals surface area contributed by atoms with Crippen LogP contribution in [-0.4, -0.2) is 44.5 Å². The van der Waals surface area contributed by atoms with E-state index in [2.05, 4.69) is 15.3 Å². The molecule has 0 fully saturated rings. The van der Waals surface area contributed by atoms with E-state index in [9.17, 15) is 0 Å². The highest BCUT2D eigenvalue weighted by molar-refractivity contribution is 5.96. The van der Waals surface area contributed by atoms with E-state index in [4.69, 9.17) is 23.7 Å². The molecule has 146 valence electrons. The van der Waals surface area contributed by atoms with Gasteiger partial charge in [0.15, 0.2) is 23.0 Å². The Balaban J connectivity index is 1.67. The van der Waals surface area contributed by atoms with Crippen LogP contribution in [0.4, 0.5) is 5.82 Å². The number of nitrogens with zero attached hydrogens (tertiary/aromatic N) is 2. The minimum atomic E-state index is 0.494. The molecule has 0 unspecified atom stereocenters. The first-order valence-electron chi connectivity index (χ1n) is 8.81. The second kappa shape index (κ2) is 7.67. The average molecular weight is 383 g/mol. The molecule has 1 aliphatic rings. The predicted molar refractivity (Wildman–Crippen MR) is 104 cm³/mol. The second-order valence-electron chi connectivity index (χ2n) is 6.10. The fourth-order valence-corrected chi connectivity index (χ4v) is 3.19. The number of nitrogens with one attached hydrogen (secondary N) is 1. The summed E-state index contributed by atoms with van der Waals surface area (Å²) in [7, 11) is 4.71. The molecule has 0 saturated carbocycles. The van der Waals surface area contributed by atoms with Crippen molar-refractivity contribution in [3.8, 4) is 28.7 Å². The van der Waals surface area contributed by atoms with Gasteiger partial charge in [-0.2, -0.15) is 0 Å². The zero-order valence-electron chi connectivity index (χ0n) is 15.9. The molecular formula is C20H21N3O5. The zero-order chi connectivity index (χ0) is 19.5. The molecular weight excluding hydrogens is 362 g/mol. The Labute approximate surface area is 162 Å². The van der Waals surface area contributed by atoms with Crippen LogP contribution in [0.1, 0.15) is 5.56 Å². The molecule has 0 bridgehead atoms. The normalized spacial score (nSPS) is 12.5. The van der Waals surface area contributed by atoms with Crippen LogP contribution in [0, 0.1) is 0 Å². The van der Waals surface area contributed by atoms with Crippen molar-refractivity contribution in [3.63, 3.8) is 0 Å². The monoisotopic (exact) mass is 383 g/mol. The van der Waals surface area contributed by atoms with E-state index in [0.29, 0.717) is 48.3 Å². The van der Waals surface area contributed by atoms with E-state index in [-0.39, 0.29) is 0 Å². The Hall–Kier alpha value is -3.42. The van der Waals surface area contributed by atoms with Gasteiger partial charge in [0.2, 0.25) is 5.75 Å². The Bertz CT molecular complexity index is 1010. The fraction of sp³-hybridized carbons (Fsp3) is 0.300. The van der Waals surface area contributed by atoms with Crippen LogP contribution >= 0.6 is 0 Å². The Morgan fingerprint density at radius 2 is 1.71 bits per heavy atom. The quantitative estimate of drug-likeness (QED) is 0.695. The van der Waals surface area contributed by atoms with Crippen LogP contribution in [-0.2, 0) is 6.54 Å². The van der Waals surface area contributed by atoms with Gasteiger partial charge in [-0.1, -0.05) is 6.07 Å².